The van der Waals surface area contributed by atoms with E-state index in [1.807, 2.05) is 36.5 Å². The number of benzene rings is 1. The highest BCUT2D eigenvalue weighted by molar-refractivity contribution is 6.31. The van der Waals surface area contributed by atoms with Crippen LogP contribution in [0, 0.1) is 10.8 Å². The third-order valence-corrected chi connectivity index (χ3v) is 8.50. The summed E-state index contributed by atoms with van der Waals surface area (Å²) in [6.45, 7) is 15.9. The molecule has 0 bridgehead atoms. The first-order valence-electron chi connectivity index (χ1n) is 14.6. The Labute approximate surface area is 253 Å². The molecule has 222 valence electrons. The zero-order valence-corrected chi connectivity index (χ0v) is 25.8. The number of pyridine rings is 1. The van der Waals surface area contributed by atoms with Gasteiger partial charge in [0.25, 0.3) is 0 Å². The number of aromatic amines is 1. The van der Waals surface area contributed by atoms with Gasteiger partial charge in [0.15, 0.2) is 0 Å². The van der Waals surface area contributed by atoms with Gasteiger partial charge in [-0.25, -0.2) is 9.78 Å². The fraction of sp³-hybridized carbons (Fsp3) is 0.412. The summed E-state index contributed by atoms with van der Waals surface area (Å²) in [5.74, 6) is 0.576. The van der Waals surface area contributed by atoms with Crippen LogP contribution in [-0.4, -0.2) is 60.7 Å². The second-order valence-electron chi connectivity index (χ2n) is 12.6. The molecule has 1 saturated heterocycles. The van der Waals surface area contributed by atoms with Crippen LogP contribution in [0.5, 0.6) is 11.5 Å². The summed E-state index contributed by atoms with van der Waals surface area (Å²) in [5, 5.41) is 1.78. The molecule has 0 saturated carbocycles. The van der Waals surface area contributed by atoms with E-state index in [-0.39, 0.29) is 10.8 Å². The van der Waals surface area contributed by atoms with Crippen LogP contribution in [0.1, 0.15) is 50.4 Å². The van der Waals surface area contributed by atoms with Gasteiger partial charge in [-0.2, -0.15) is 0 Å². The van der Waals surface area contributed by atoms with Crippen LogP contribution < -0.4 is 9.64 Å². The Hall–Kier alpha value is -3.55. The molecule has 1 fully saturated rings. The third kappa shape index (κ3) is 7.26. The Morgan fingerprint density at radius 3 is 2.69 bits per heavy atom. The molecule has 42 heavy (non-hydrogen) atoms. The molecule has 1 unspecified atom stereocenters. The second kappa shape index (κ2) is 12.4. The van der Waals surface area contributed by atoms with E-state index in [9.17, 15) is 4.79 Å². The number of hydrogen-bond donors (Lipinski definition) is 1. The molecular weight excluding hydrogens is 548 g/mol. The smallest absolute Gasteiger partial charge is 0.341 e. The van der Waals surface area contributed by atoms with Crippen molar-refractivity contribution in [3.8, 4) is 11.5 Å². The Morgan fingerprint density at radius 2 is 1.98 bits per heavy atom. The number of nitrogens with zero attached hydrogens (tertiary/aromatic N) is 3. The Morgan fingerprint density at radius 1 is 1.19 bits per heavy atom. The van der Waals surface area contributed by atoms with Crippen LogP contribution in [0.25, 0.3) is 11.0 Å². The molecule has 0 radical (unpaired) electrons. The van der Waals surface area contributed by atoms with Crippen molar-refractivity contribution in [1.82, 2.24) is 14.9 Å². The van der Waals surface area contributed by atoms with Gasteiger partial charge in [-0.1, -0.05) is 56.7 Å². The summed E-state index contributed by atoms with van der Waals surface area (Å²) in [6, 6.07) is 9.50. The van der Waals surface area contributed by atoms with E-state index < -0.39 is 5.97 Å². The molecule has 0 amide bonds. The number of ether oxygens (including phenoxy) is 2. The predicted molar refractivity (Wildman–Crippen MR) is 171 cm³/mol. The first-order valence-corrected chi connectivity index (χ1v) is 15.0. The summed E-state index contributed by atoms with van der Waals surface area (Å²) in [4.78, 5) is 24.8. The summed E-state index contributed by atoms with van der Waals surface area (Å²) in [5.41, 5.74) is 3.68. The first-order chi connectivity index (χ1) is 20.0. The topological polar surface area (TPSA) is 70.7 Å². The lowest BCUT2D eigenvalue weighted by molar-refractivity contribution is 0.0598. The molecule has 3 heterocycles. The van der Waals surface area contributed by atoms with Gasteiger partial charge in [0.1, 0.15) is 22.7 Å². The fourth-order valence-corrected chi connectivity index (χ4v) is 6.47. The number of carbonyl (C=O) groups excluding carboxylic acids is 1. The second-order valence-corrected chi connectivity index (χ2v) is 13.0. The molecule has 7 nitrogen and oxygen atoms in total. The number of nitrogens with one attached hydrogen (secondary N) is 1. The highest BCUT2D eigenvalue weighted by Crippen LogP contribution is 2.43. The van der Waals surface area contributed by atoms with Crippen LogP contribution in [-0.2, 0) is 4.74 Å². The number of rotatable bonds is 11. The maximum Gasteiger partial charge on any atom is 0.341 e. The van der Waals surface area contributed by atoms with E-state index in [1.54, 1.807) is 12.3 Å². The highest BCUT2D eigenvalue weighted by atomic mass is 35.5. The zero-order chi connectivity index (χ0) is 29.9. The molecule has 1 aliphatic carbocycles. The number of methoxy groups -OCH3 is 1. The van der Waals surface area contributed by atoms with Gasteiger partial charge >= 0.3 is 5.97 Å². The fourth-order valence-electron chi connectivity index (χ4n) is 6.16. The molecule has 5 rings (SSSR count). The SMILES string of the molecule is C=C(CCC(C)(C)CC1(C)C=CC(Cl)=C1)CN1CCN(c2ccc(C(=O)OC)c(Oc3cnc4[nH]ccc4c3)c2)CC1. The molecule has 0 spiro atoms. The minimum atomic E-state index is -0.437. The van der Waals surface area contributed by atoms with Gasteiger partial charge in [-0.05, 0) is 55.0 Å². The number of hydrogen-bond acceptors (Lipinski definition) is 6. The monoisotopic (exact) mass is 588 g/mol. The molecule has 2 aromatic heterocycles. The van der Waals surface area contributed by atoms with Crippen molar-refractivity contribution in [1.29, 1.82) is 0 Å². The Kier molecular flexibility index (Phi) is 8.81. The van der Waals surface area contributed by atoms with Gasteiger partial charge in [0.05, 0.1) is 13.3 Å². The number of aromatic nitrogens is 2. The predicted octanol–water partition coefficient (Wildman–Crippen LogP) is 7.72. The number of carbonyl (C=O) groups is 1. The van der Waals surface area contributed by atoms with Crippen molar-refractivity contribution in [2.75, 3.05) is 44.7 Å². The van der Waals surface area contributed by atoms with Crippen LogP contribution >= 0.6 is 11.6 Å². The Bertz CT molecular complexity index is 1520. The average molecular weight is 589 g/mol. The van der Waals surface area contributed by atoms with Crippen molar-refractivity contribution >= 4 is 34.3 Å². The standard InChI is InChI=1S/C34H41ClN4O3/c1-24(8-11-33(2,3)23-34(4)12-9-26(35)20-34)22-38-14-16-39(17-15-38)27-6-7-29(32(40)41-5)30(19-27)42-28-18-25-10-13-36-31(25)37-21-28/h6-7,9-10,12-13,18-21H,1,8,11,14-17,22-23H2,2-5H3,(H,36,37). The van der Waals surface area contributed by atoms with Crippen molar-refractivity contribution in [3.05, 3.63) is 83.7 Å². The summed E-state index contributed by atoms with van der Waals surface area (Å²) >= 11 is 6.21. The van der Waals surface area contributed by atoms with Gasteiger partial charge in [-0.3, -0.25) is 4.90 Å². The van der Waals surface area contributed by atoms with E-state index in [4.69, 9.17) is 21.1 Å². The van der Waals surface area contributed by atoms with Crippen LogP contribution in [0.15, 0.2) is 78.1 Å². The molecule has 1 N–H and O–H groups in total. The van der Waals surface area contributed by atoms with E-state index in [0.29, 0.717) is 17.1 Å². The lowest BCUT2D eigenvalue weighted by atomic mass is 9.72. The molecule has 1 aromatic carbocycles. The summed E-state index contributed by atoms with van der Waals surface area (Å²) < 4.78 is 11.2. The van der Waals surface area contributed by atoms with Crippen LogP contribution in [0.3, 0.4) is 0 Å². The van der Waals surface area contributed by atoms with Gasteiger partial charge in [0.2, 0.25) is 0 Å². The van der Waals surface area contributed by atoms with Gasteiger partial charge in [0, 0.05) is 66.5 Å². The number of halogens is 1. The normalized spacial score (nSPS) is 19.3. The van der Waals surface area contributed by atoms with Crippen LogP contribution in [0.2, 0.25) is 0 Å². The van der Waals surface area contributed by atoms with Crippen molar-refractivity contribution in [2.24, 2.45) is 10.8 Å². The number of anilines is 1. The van der Waals surface area contributed by atoms with E-state index in [2.05, 4.69) is 59.3 Å². The van der Waals surface area contributed by atoms with Gasteiger partial charge < -0.3 is 19.4 Å². The number of esters is 1. The van der Waals surface area contributed by atoms with E-state index in [1.165, 1.54) is 12.7 Å². The lowest BCUT2D eigenvalue weighted by Gasteiger charge is -2.37. The number of fused-ring (bicyclic) bond motifs is 1. The van der Waals surface area contributed by atoms with Crippen molar-refractivity contribution in [3.63, 3.8) is 0 Å². The van der Waals surface area contributed by atoms with E-state index >= 15 is 0 Å². The molecule has 2 aliphatic rings. The molecular formula is C34H41ClN4O3. The van der Waals surface area contributed by atoms with E-state index in [0.717, 1.165) is 73.7 Å². The maximum absolute atomic E-state index is 12.5. The highest BCUT2D eigenvalue weighted by Gasteiger charge is 2.31. The number of piperazine rings is 1. The number of H-pyrrole nitrogens is 1. The zero-order valence-electron chi connectivity index (χ0n) is 25.1. The number of allylic oxidation sites excluding steroid dienone is 4. The summed E-state index contributed by atoms with van der Waals surface area (Å²) in [7, 11) is 1.38. The quantitative estimate of drug-likeness (QED) is 0.183. The first kappa shape index (κ1) is 29.9. The van der Waals surface area contributed by atoms with Crippen LogP contribution in [0.4, 0.5) is 5.69 Å². The largest absolute Gasteiger partial charge is 0.465 e. The summed E-state index contributed by atoms with van der Waals surface area (Å²) in [6.07, 6.45) is 13.1. The van der Waals surface area contributed by atoms with Crippen molar-refractivity contribution < 1.29 is 14.3 Å². The lowest BCUT2D eigenvalue weighted by Crippen LogP contribution is -2.47. The third-order valence-electron chi connectivity index (χ3n) is 8.26. The van der Waals surface area contributed by atoms with Gasteiger partial charge in [-0.15, -0.1) is 0 Å². The molecule has 1 aliphatic heterocycles. The minimum absolute atomic E-state index is 0.0328. The molecule has 1 atom stereocenters. The minimum Gasteiger partial charge on any atom is -0.465 e. The molecule has 8 heteroatoms. The maximum atomic E-state index is 12.5. The Balaban J connectivity index is 1.16. The average Bonchev–Trinajstić information content (AvgIpc) is 3.56. The van der Waals surface area contributed by atoms with Crippen molar-refractivity contribution in [2.45, 2.75) is 40.0 Å². The molecule has 3 aromatic rings.